The van der Waals surface area contributed by atoms with E-state index < -0.39 is 24.5 Å². The third kappa shape index (κ3) is 4.47. The molecule has 1 heterocycles. The highest BCUT2D eigenvalue weighted by molar-refractivity contribution is 6.16. The van der Waals surface area contributed by atoms with Gasteiger partial charge >= 0.3 is 12.3 Å². The van der Waals surface area contributed by atoms with Gasteiger partial charge in [-0.25, -0.2) is 0 Å². The van der Waals surface area contributed by atoms with Crippen molar-refractivity contribution in [2.45, 2.75) is 18.7 Å². The van der Waals surface area contributed by atoms with E-state index in [4.69, 9.17) is 21.4 Å². The van der Waals surface area contributed by atoms with Gasteiger partial charge in [-0.15, -0.1) is 24.8 Å². The van der Waals surface area contributed by atoms with Crippen molar-refractivity contribution in [3.05, 3.63) is 17.5 Å². The van der Waals surface area contributed by atoms with Crippen molar-refractivity contribution in [2.24, 2.45) is 0 Å². The van der Waals surface area contributed by atoms with Crippen LogP contribution in [0.1, 0.15) is 11.4 Å². The van der Waals surface area contributed by atoms with Crippen LogP contribution < -0.4 is 9.47 Å². The van der Waals surface area contributed by atoms with Gasteiger partial charge < -0.3 is 14.6 Å². The van der Waals surface area contributed by atoms with E-state index in [9.17, 15) is 18.0 Å². The van der Waals surface area contributed by atoms with Crippen LogP contribution in [0, 0.1) is 0 Å². The minimum Gasteiger partial charge on any atom is -0.491 e. The maximum Gasteiger partial charge on any atom is 0.573 e. The van der Waals surface area contributed by atoms with E-state index in [1.807, 2.05) is 0 Å². The zero-order valence-electron chi connectivity index (χ0n) is 9.62. The average Bonchev–Trinajstić information content (AvgIpc) is 2.25. The second-order valence-electron chi connectivity index (χ2n) is 3.34. The molecule has 0 fully saturated rings. The molecule has 5 nitrogen and oxygen atoms in total. The number of hydrogen-bond acceptors (Lipinski definition) is 4. The minimum absolute atomic E-state index is 0.0537. The number of nitrogens with zero attached hydrogens (tertiary/aromatic N) is 1. The molecule has 0 aliphatic rings. The standard InChI is InChI=1S/C10H9ClF3NO4/c1-18-9-6(3-8(16)17)15-5(4-11)2-7(9)19-10(12,13)14/h2H,3-4H2,1H3,(H,16,17). The highest BCUT2D eigenvalue weighted by Crippen LogP contribution is 2.35. The van der Waals surface area contributed by atoms with Gasteiger partial charge in [0, 0.05) is 6.07 Å². The smallest absolute Gasteiger partial charge is 0.491 e. The first-order valence-electron chi connectivity index (χ1n) is 4.87. The summed E-state index contributed by atoms with van der Waals surface area (Å²) in [5, 5.41) is 8.68. The van der Waals surface area contributed by atoms with Crippen LogP contribution in [0.3, 0.4) is 0 Å². The first-order valence-corrected chi connectivity index (χ1v) is 5.40. The maximum absolute atomic E-state index is 12.2. The Hall–Kier alpha value is -1.70. The molecule has 0 saturated heterocycles. The van der Waals surface area contributed by atoms with Crippen molar-refractivity contribution < 1.29 is 32.5 Å². The average molecular weight is 300 g/mol. The van der Waals surface area contributed by atoms with Crippen LogP contribution in [0.5, 0.6) is 11.5 Å². The molecule has 1 aromatic rings. The van der Waals surface area contributed by atoms with E-state index >= 15 is 0 Å². The number of aliphatic carboxylic acids is 1. The van der Waals surface area contributed by atoms with Crippen LogP contribution in [0.15, 0.2) is 6.07 Å². The zero-order chi connectivity index (χ0) is 14.6. The van der Waals surface area contributed by atoms with Gasteiger partial charge in [0.1, 0.15) is 0 Å². The molecule has 1 rings (SSSR count). The Morgan fingerprint density at radius 2 is 2.16 bits per heavy atom. The number of ether oxygens (including phenoxy) is 2. The van der Waals surface area contributed by atoms with Crippen molar-refractivity contribution in [1.29, 1.82) is 0 Å². The molecule has 1 aromatic heterocycles. The van der Waals surface area contributed by atoms with Crippen molar-refractivity contribution >= 4 is 17.6 Å². The highest BCUT2D eigenvalue weighted by Gasteiger charge is 2.33. The summed E-state index contributed by atoms with van der Waals surface area (Å²) in [4.78, 5) is 14.4. The van der Waals surface area contributed by atoms with Crippen molar-refractivity contribution in [2.75, 3.05) is 7.11 Å². The predicted octanol–water partition coefficient (Wildman–Crippen LogP) is 2.35. The van der Waals surface area contributed by atoms with E-state index in [-0.39, 0.29) is 23.0 Å². The van der Waals surface area contributed by atoms with E-state index in [0.717, 1.165) is 13.2 Å². The molecule has 0 radical (unpaired) electrons. The molecule has 0 aliphatic carbocycles. The summed E-state index contributed by atoms with van der Waals surface area (Å²) in [6.45, 7) is 0. The number of carbonyl (C=O) groups is 1. The Balaban J connectivity index is 3.30. The van der Waals surface area contributed by atoms with Gasteiger partial charge in [-0.3, -0.25) is 9.78 Å². The third-order valence-corrected chi connectivity index (χ3v) is 2.22. The Morgan fingerprint density at radius 1 is 1.53 bits per heavy atom. The molecule has 106 valence electrons. The second kappa shape index (κ2) is 5.96. The number of pyridine rings is 1. The first kappa shape index (κ1) is 15.4. The second-order valence-corrected chi connectivity index (χ2v) is 3.61. The van der Waals surface area contributed by atoms with E-state index in [1.165, 1.54) is 0 Å². The summed E-state index contributed by atoms with van der Waals surface area (Å²) >= 11 is 5.49. The lowest BCUT2D eigenvalue weighted by atomic mass is 10.2. The van der Waals surface area contributed by atoms with Crippen LogP contribution in [-0.2, 0) is 17.1 Å². The fourth-order valence-corrected chi connectivity index (χ4v) is 1.50. The summed E-state index contributed by atoms with van der Waals surface area (Å²) in [5.74, 6) is -2.51. The third-order valence-electron chi connectivity index (χ3n) is 1.95. The van der Waals surface area contributed by atoms with Crippen molar-refractivity contribution in [3.63, 3.8) is 0 Å². The van der Waals surface area contributed by atoms with Gasteiger partial charge in [0.05, 0.1) is 30.8 Å². The summed E-state index contributed by atoms with van der Waals surface area (Å²) in [5.41, 5.74) is -0.134. The molecule has 0 amide bonds. The van der Waals surface area contributed by atoms with Crippen LogP contribution in [0.2, 0.25) is 0 Å². The number of alkyl halides is 4. The molecule has 0 aromatic carbocycles. The summed E-state index contributed by atoms with van der Waals surface area (Å²) in [6.07, 6.45) is -5.54. The van der Waals surface area contributed by atoms with Gasteiger partial charge in [0.25, 0.3) is 0 Å². The van der Waals surface area contributed by atoms with Gasteiger partial charge in [-0.2, -0.15) is 0 Å². The number of rotatable bonds is 5. The van der Waals surface area contributed by atoms with Crippen LogP contribution in [0.25, 0.3) is 0 Å². The van der Waals surface area contributed by atoms with E-state index in [2.05, 4.69) is 9.72 Å². The maximum atomic E-state index is 12.2. The topological polar surface area (TPSA) is 68.7 Å². The summed E-state index contributed by atoms with van der Waals surface area (Å²) in [7, 11) is 1.09. The highest BCUT2D eigenvalue weighted by atomic mass is 35.5. The van der Waals surface area contributed by atoms with Crippen LogP contribution in [-0.4, -0.2) is 29.5 Å². The molecule has 0 atom stereocenters. The predicted molar refractivity (Wildman–Crippen MR) is 58.4 cm³/mol. The SMILES string of the molecule is COc1c(OC(F)(F)F)cc(CCl)nc1CC(=O)O. The lowest BCUT2D eigenvalue weighted by molar-refractivity contribution is -0.275. The van der Waals surface area contributed by atoms with Gasteiger partial charge in [0.15, 0.2) is 11.5 Å². The Bertz CT molecular complexity index is 479. The molecule has 0 bridgehead atoms. The Labute approximate surface area is 110 Å². The minimum atomic E-state index is -4.93. The number of aromatic nitrogens is 1. The molecule has 19 heavy (non-hydrogen) atoms. The van der Waals surface area contributed by atoms with Crippen LogP contribution in [0.4, 0.5) is 13.2 Å². The fourth-order valence-electron chi connectivity index (χ4n) is 1.37. The van der Waals surface area contributed by atoms with E-state index in [0.29, 0.717) is 0 Å². The number of carboxylic acid groups (broad SMARTS) is 1. The monoisotopic (exact) mass is 299 g/mol. The quantitative estimate of drug-likeness (QED) is 0.845. The largest absolute Gasteiger partial charge is 0.573 e. The first-order chi connectivity index (χ1) is 8.76. The molecular formula is C10H9ClF3NO4. The number of hydrogen-bond donors (Lipinski definition) is 1. The van der Waals surface area contributed by atoms with Crippen molar-refractivity contribution in [3.8, 4) is 11.5 Å². The molecule has 0 spiro atoms. The Kier molecular flexibility index (Phi) is 4.82. The number of methoxy groups -OCH3 is 1. The Morgan fingerprint density at radius 3 is 2.58 bits per heavy atom. The lowest BCUT2D eigenvalue weighted by Crippen LogP contribution is -2.19. The molecule has 1 N–H and O–H groups in total. The normalized spacial score (nSPS) is 11.2. The zero-order valence-corrected chi connectivity index (χ0v) is 10.4. The fraction of sp³-hybridized carbons (Fsp3) is 0.400. The van der Waals surface area contributed by atoms with Crippen molar-refractivity contribution in [1.82, 2.24) is 4.98 Å². The molecular weight excluding hydrogens is 291 g/mol. The van der Waals surface area contributed by atoms with E-state index in [1.54, 1.807) is 0 Å². The molecule has 9 heteroatoms. The number of carboxylic acids is 1. The summed E-state index contributed by atoms with van der Waals surface area (Å²) in [6, 6.07) is 0.949. The molecule has 0 saturated carbocycles. The van der Waals surface area contributed by atoms with Gasteiger partial charge in [-0.05, 0) is 0 Å². The lowest BCUT2D eigenvalue weighted by Gasteiger charge is -2.15. The van der Waals surface area contributed by atoms with Gasteiger partial charge in [0.2, 0.25) is 0 Å². The molecule has 0 aliphatic heterocycles. The van der Waals surface area contributed by atoms with Gasteiger partial charge in [-0.1, -0.05) is 0 Å². The number of halogens is 4. The molecule has 0 unspecified atom stereocenters. The van der Waals surface area contributed by atoms with Crippen LogP contribution >= 0.6 is 11.6 Å². The summed E-state index contributed by atoms with van der Waals surface area (Å²) < 4.78 is 45.2.